The van der Waals surface area contributed by atoms with Gasteiger partial charge in [-0.25, -0.2) is 0 Å². The number of nitrogens with two attached hydrogens (primary N) is 1. The highest BCUT2D eigenvalue weighted by atomic mass is 19.4. The fourth-order valence-corrected chi connectivity index (χ4v) is 7.48. The number of primary amides is 1. The first-order valence-corrected chi connectivity index (χ1v) is 14.0. The van der Waals surface area contributed by atoms with E-state index in [1.807, 2.05) is 0 Å². The fraction of sp³-hybridized carbons (Fsp3) is 0.517. The zero-order valence-electron chi connectivity index (χ0n) is 24.2. The van der Waals surface area contributed by atoms with Crippen molar-refractivity contribution in [2.45, 2.75) is 56.6 Å². The van der Waals surface area contributed by atoms with Crippen LogP contribution in [0.4, 0.5) is 13.2 Å². The number of phenolic OH excluding ortho intramolecular Hbond substituents is 1. The first-order valence-electron chi connectivity index (χ1n) is 14.0. The van der Waals surface area contributed by atoms with E-state index in [-0.39, 0.29) is 37.0 Å². The number of nitrogens with zero attached hydrogens (tertiary/aromatic N) is 2. The van der Waals surface area contributed by atoms with E-state index < -0.39 is 98.7 Å². The number of aliphatic hydroxyl groups excluding tert-OH is 2. The molecule has 3 aliphatic carbocycles. The Bertz CT molecular complexity index is 1550. The van der Waals surface area contributed by atoms with E-state index in [2.05, 4.69) is 5.32 Å². The van der Waals surface area contributed by atoms with Gasteiger partial charge in [-0.3, -0.25) is 29.0 Å². The van der Waals surface area contributed by atoms with Crippen LogP contribution in [0.2, 0.25) is 0 Å². The van der Waals surface area contributed by atoms with Crippen molar-refractivity contribution in [3.05, 3.63) is 45.2 Å². The molecule has 1 aromatic carbocycles. The number of benzene rings is 1. The van der Waals surface area contributed by atoms with Crippen LogP contribution in [-0.4, -0.2) is 98.5 Å². The van der Waals surface area contributed by atoms with Gasteiger partial charge in [0.15, 0.2) is 11.4 Å². The zero-order valence-corrected chi connectivity index (χ0v) is 24.2. The minimum absolute atomic E-state index is 0.221. The second-order valence-electron chi connectivity index (χ2n) is 12.2. The molecule has 1 saturated carbocycles. The average Bonchev–Trinajstić information content (AvgIpc) is 3.30. The molecule has 2 amide bonds. The zero-order chi connectivity index (χ0) is 32.6. The molecule has 12 nitrogen and oxygen atoms in total. The molecule has 4 aliphatic rings. The highest BCUT2D eigenvalue weighted by Crippen LogP contribution is 2.54. The molecule has 5 atom stereocenters. The number of phenols is 1. The van der Waals surface area contributed by atoms with Gasteiger partial charge < -0.3 is 31.5 Å². The Labute approximate surface area is 249 Å². The number of alkyl halides is 3. The van der Waals surface area contributed by atoms with Crippen molar-refractivity contribution < 1.29 is 52.8 Å². The summed E-state index contributed by atoms with van der Waals surface area (Å²) in [5.41, 5.74) is -1.55. The molecule has 0 unspecified atom stereocenters. The number of nitrogens with one attached hydrogen (secondary N) is 1. The van der Waals surface area contributed by atoms with E-state index >= 15 is 0 Å². The van der Waals surface area contributed by atoms with Gasteiger partial charge in [-0.1, -0.05) is 0 Å². The summed E-state index contributed by atoms with van der Waals surface area (Å²) in [5.74, 6) is -9.51. The lowest BCUT2D eigenvalue weighted by Crippen LogP contribution is -2.65. The predicted octanol–water partition coefficient (Wildman–Crippen LogP) is 0.693. The van der Waals surface area contributed by atoms with Crippen molar-refractivity contribution in [1.29, 1.82) is 0 Å². The molecule has 0 radical (unpaired) electrons. The van der Waals surface area contributed by atoms with Crippen molar-refractivity contribution in [2.75, 3.05) is 27.2 Å². The van der Waals surface area contributed by atoms with Gasteiger partial charge in [-0.15, -0.1) is 0 Å². The van der Waals surface area contributed by atoms with Gasteiger partial charge in [0, 0.05) is 44.1 Å². The van der Waals surface area contributed by atoms with E-state index in [1.54, 1.807) is 4.90 Å². The van der Waals surface area contributed by atoms with E-state index in [0.29, 0.717) is 13.0 Å². The number of hydrogen-bond donors (Lipinski definition) is 6. The first-order chi connectivity index (χ1) is 20.4. The molecule has 7 N–H and O–H groups in total. The molecule has 1 saturated heterocycles. The minimum atomic E-state index is -4.94. The summed E-state index contributed by atoms with van der Waals surface area (Å²) < 4.78 is 44.2. The number of rotatable bonds is 5. The number of aromatic hydroxyl groups is 1. The Balaban J connectivity index is 1.64. The highest BCUT2D eigenvalue weighted by molar-refractivity contribution is 6.24. The number of halogens is 3. The summed E-state index contributed by atoms with van der Waals surface area (Å²) in [6.45, 7) is 1.79. The quantitative estimate of drug-likeness (QED) is 0.255. The summed E-state index contributed by atoms with van der Waals surface area (Å²) >= 11 is 0. The molecule has 44 heavy (non-hydrogen) atoms. The second-order valence-corrected chi connectivity index (χ2v) is 12.2. The average molecular weight is 623 g/mol. The normalized spacial score (nSPS) is 29.1. The van der Waals surface area contributed by atoms with Crippen molar-refractivity contribution in [3.63, 3.8) is 0 Å². The number of likely N-dealkylation sites (N-methyl/N-ethyl adjacent to an activating group) is 1. The van der Waals surface area contributed by atoms with Gasteiger partial charge in [0.25, 0.3) is 5.91 Å². The SMILES string of the molecule is CC(=O)N[C@H]1CCN(Cc2cc(O)c3c(c2C(F)(F)F)C[C@H]2C[C@H]4[C@H](N(C)C)C(=O)C(C(N)=O)=C(O)[C@@]4(O)C(=O)C2=C3O)C1. The van der Waals surface area contributed by atoms with Crippen LogP contribution in [-0.2, 0) is 38.3 Å². The lowest BCUT2D eigenvalue weighted by Gasteiger charge is -2.50. The lowest BCUT2D eigenvalue weighted by atomic mass is 9.57. The van der Waals surface area contributed by atoms with Crippen molar-refractivity contribution in [2.24, 2.45) is 17.6 Å². The van der Waals surface area contributed by atoms with Crippen molar-refractivity contribution in [3.8, 4) is 5.75 Å². The molecule has 1 aliphatic heterocycles. The number of Topliss-reactive ketones (excluding diaryl/α,β-unsaturated/α-hetero) is 2. The van der Waals surface area contributed by atoms with Crippen LogP contribution in [0.1, 0.15) is 42.0 Å². The van der Waals surface area contributed by atoms with Gasteiger partial charge in [-0.2, -0.15) is 13.2 Å². The van der Waals surface area contributed by atoms with Crippen LogP contribution < -0.4 is 11.1 Å². The van der Waals surface area contributed by atoms with Crippen LogP contribution in [0.3, 0.4) is 0 Å². The van der Waals surface area contributed by atoms with Gasteiger partial charge in [0.2, 0.25) is 11.7 Å². The molecule has 2 fully saturated rings. The van der Waals surface area contributed by atoms with Crippen molar-refractivity contribution >= 4 is 29.1 Å². The molecular formula is C29H33F3N4O8. The number of hydrogen-bond acceptors (Lipinski definition) is 10. The number of amides is 2. The second kappa shape index (κ2) is 10.6. The number of ketones is 2. The topological polar surface area (TPSA) is 194 Å². The molecule has 15 heteroatoms. The van der Waals surface area contributed by atoms with Crippen molar-refractivity contribution in [1.82, 2.24) is 15.1 Å². The smallest absolute Gasteiger partial charge is 0.417 e. The summed E-state index contributed by atoms with van der Waals surface area (Å²) in [7, 11) is 2.85. The molecule has 238 valence electrons. The van der Waals surface area contributed by atoms with Gasteiger partial charge in [-0.05, 0) is 56.5 Å². The maximum absolute atomic E-state index is 14.7. The van der Waals surface area contributed by atoms with Crippen LogP contribution in [0, 0.1) is 11.8 Å². The van der Waals surface area contributed by atoms with Gasteiger partial charge in [0.05, 0.1) is 17.2 Å². The molecule has 1 heterocycles. The summed E-state index contributed by atoms with van der Waals surface area (Å²) in [6, 6.07) is -0.738. The Kier molecular flexibility index (Phi) is 7.58. The Hall–Kier alpha value is -3.95. The van der Waals surface area contributed by atoms with Crippen LogP contribution in [0.15, 0.2) is 23.0 Å². The number of aliphatic hydroxyl groups is 3. The highest BCUT2D eigenvalue weighted by Gasteiger charge is 2.64. The standard InChI is InChI=1S/C29H33F3N4O8/c1-11(37)34-14-4-5-36(10-14)9-13-8-17(38)19-15(21(13)29(30,31)32)6-12-7-16-22(35(2)3)24(40)20(27(33)43)26(42)28(16,44)25(41)18(12)23(19)39/h8,12,14,16,22,38-39,42,44H,4-7,9-10H2,1-3H3,(H2,33,43)(H,34,37)/t12-,14-,16-,22-,28-/m0/s1. The molecule has 0 bridgehead atoms. The summed E-state index contributed by atoms with van der Waals surface area (Å²) in [5, 5.41) is 47.5. The molecule has 1 aromatic rings. The molecular weight excluding hydrogens is 589 g/mol. The third kappa shape index (κ3) is 4.73. The Morgan fingerprint density at radius 2 is 1.86 bits per heavy atom. The Morgan fingerprint density at radius 1 is 1.20 bits per heavy atom. The molecule has 0 spiro atoms. The molecule has 5 rings (SSSR count). The molecule has 0 aromatic heterocycles. The fourth-order valence-electron chi connectivity index (χ4n) is 7.48. The summed E-state index contributed by atoms with van der Waals surface area (Å²) in [6.07, 6.45) is -5.24. The minimum Gasteiger partial charge on any atom is -0.508 e. The maximum Gasteiger partial charge on any atom is 0.417 e. The monoisotopic (exact) mass is 622 g/mol. The van der Waals surface area contributed by atoms with Crippen LogP contribution in [0.5, 0.6) is 5.75 Å². The van der Waals surface area contributed by atoms with E-state index in [9.17, 15) is 52.8 Å². The number of carbonyl (C=O) groups is 4. The maximum atomic E-state index is 14.7. The number of fused-ring (bicyclic) bond motifs is 3. The first kappa shape index (κ1) is 31.5. The third-order valence-electron chi connectivity index (χ3n) is 9.16. The van der Waals surface area contributed by atoms with E-state index in [1.165, 1.54) is 25.9 Å². The van der Waals surface area contributed by atoms with E-state index in [0.717, 1.165) is 6.07 Å². The lowest BCUT2D eigenvalue weighted by molar-refractivity contribution is -0.153. The van der Waals surface area contributed by atoms with E-state index in [4.69, 9.17) is 5.73 Å². The summed E-state index contributed by atoms with van der Waals surface area (Å²) in [4.78, 5) is 53.7. The van der Waals surface area contributed by atoms with Gasteiger partial charge >= 0.3 is 6.18 Å². The number of likely N-dealkylation sites (tertiary alicyclic amines) is 1. The third-order valence-corrected chi connectivity index (χ3v) is 9.16. The number of carbonyl (C=O) groups excluding carboxylic acids is 4. The van der Waals surface area contributed by atoms with Crippen LogP contribution >= 0.6 is 0 Å². The van der Waals surface area contributed by atoms with Crippen LogP contribution in [0.25, 0.3) is 5.76 Å². The Morgan fingerprint density at radius 3 is 2.43 bits per heavy atom. The van der Waals surface area contributed by atoms with Gasteiger partial charge in [0.1, 0.15) is 22.8 Å². The predicted molar refractivity (Wildman–Crippen MR) is 147 cm³/mol. The largest absolute Gasteiger partial charge is 0.508 e.